The van der Waals surface area contributed by atoms with Gasteiger partial charge in [-0.2, -0.15) is 16.9 Å². The molecule has 0 spiro atoms. The number of anilines is 1. The van der Waals surface area contributed by atoms with Crippen LogP contribution in [0.25, 0.3) is 5.65 Å². The molecule has 5 heteroatoms. The molecule has 0 bridgehead atoms. The first kappa shape index (κ1) is 11.8. The zero-order valence-corrected chi connectivity index (χ0v) is 11.4. The SMILES string of the molecule is CCSC1CCC(Nc2ccn3nccc3n2)C1. The maximum atomic E-state index is 4.55. The van der Waals surface area contributed by atoms with Crippen molar-refractivity contribution in [3.05, 3.63) is 24.5 Å². The fourth-order valence-corrected chi connectivity index (χ4v) is 3.70. The van der Waals surface area contributed by atoms with Crippen LogP contribution in [0.2, 0.25) is 0 Å². The minimum absolute atomic E-state index is 0.576. The molecule has 2 atom stereocenters. The third kappa shape index (κ3) is 2.46. The molecule has 0 radical (unpaired) electrons. The van der Waals surface area contributed by atoms with Crippen LogP contribution in [0, 0.1) is 0 Å². The highest BCUT2D eigenvalue weighted by Crippen LogP contribution is 2.31. The van der Waals surface area contributed by atoms with Crippen LogP contribution in [-0.4, -0.2) is 31.6 Å². The second-order valence-electron chi connectivity index (χ2n) is 4.68. The van der Waals surface area contributed by atoms with E-state index in [1.54, 1.807) is 10.7 Å². The lowest BCUT2D eigenvalue weighted by molar-refractivity contribution is 0.751. The van der Waals surface area contributed by atoms with Gasteiger partial charge in [0.2, 0.25) is 0 Å². The number of hydrogen-bond acceptors (Lipinski definition) is 4. The molecule has 1 saturated carbocycles. The summed E-state index contributed by atoms with van der Waals surface area (Å²) in [5.74, 6) is 2.19. The van der Waals surface area contributed by atoms with Crippen LogP contribution in [0.1, 0.15) is 26.2 Å². The minimum Gasteiger partial charge on any atom is -0.367 e. The van der Waals surface area contributed by atoms with E-state index in [0.717, 1.165) is 16.7 Å². The number of nitrogens with zero attached hydrogens (tertiary/aromatic N) is 3. The molecule has 2 aromatic rings. The molecule has 2 heterocycles. The Labute approximate surface area is 111 Å². The van der Waals surface area contributed by atoms with Gasteiger partial charge in [-0.3, -0.25) is 0 Å². The van der Waals surface area contributed by atoms with Crippen molar-refractivity contribution in [2.75, 3.05) is 11.1 Å². The lowest BCUT2D eigenvalue weighted by Gasteiger charge is -2.13. The van der Waals surface area contributed by atoms with Crippen LogP contribution in [0.15, 0.2) is 24.5 Å². The summed E-state index contributed by atoms with van der Waals surface area (Å²) in [4.78, 5) is 4.55. The van der Waals surface area contributed by atoms with E-state index < -0.39 is 0 Å². The summed E-state index contributed by atoms with van der Waals surface area (Å²) in [5, 5.41) is 8.52. The van der Waals surface area contributed by atoms with Crippen LogP contribution >= 0.6 is 11.8 Å². The minimum atomic E-state index is 0.576. The molecule has 1 aliphatic carbocycles. The van der Waals surface area contributed by atoms with Crippen molar-refractivity contribution in [1.29, 1.82) is 0 Å². The zero-order valence-electron chi connectivity index (χ0n) is 10.5. The Morgan fingerprint density at radius 1 is 1.44 bits per heavy atom. The smallest absolute Gasteiger partial charge is 0.157 e. The van der Waals surface area contributed by atoms with Gasteiger partial charge in [0.15, 0.2) is 5.65 Å². The van der Waals surface area contributed by atoms with E-state index in [1.165, 1.54) is 25.0 Å². The van der Waals surface area contributed by atoms with Gasteiger partial charge in [-0.1, -0.05) is 6.92 Å². The van der Waals surface area contributed by atoms with E-state index in [1.807, 2.05) is 18.3 Å². The van der Waals surface area contributed by atoms with Gasteiger partial charge in [0.25, 0.3) is 0 Å². The van der Waals surface area contributed by atoms with Gasteiger partial charge < -0.3 is 5.32 Å². The zero-order chi connectivity index (χ0) is 12.4. The van der Waals surface area contributed by atoms with Gasteiger partial charge in [0.1, 0.15) is 5.82 Å². The second kappa shape index (κ2) is 5.18. The van der Waals surface area contributed by atoms with E-state index in [2.05, 4.69) is 34.1 Å². The molecule has 1 N–H and O–H groups in total. The average Bonchev–Trinajstić information content (AvgIpc) is 2.98. The Balaban J connectivity index is 1.65. The van der Waals surface area contributed by atoms with Gasteiger partial charge in [0, 0.05) is 23.6 Å². The Hall–Kier alpha value is -1.23. The Bertz CT molecular complexity index is 524. The molecule has 2 unspecified atom stereocenters. The molecular weight excluding hydrogens is 244 g/mol. The summed E-state index contributed by atoms with van der Waals surface area (Å²) in [6, 6.07) is 4.50. The highest BCUT2D eigenvalue weighted by molar-refractivity contribution is 7.99. The molecule has 18 heavy (non-hydrogen) atoms. The molecule has 0 amide bonds. The molecule has 3 rings (SSSR count). The van der Waals surface area contributed by atoms with Gasteiger partial charge in [-0.25, -0.2) is 9.50 Å². The fourth-order valence-electron chi connectivity index (χ4n) is 2.56. The third-order valence-corrected chi connectivity index (χ3v) is 4.63. The second-order valence-corrected chi connectivity index (χ2v) is 6.26. The summed E-state index contributed by atoms with van der Waals surface area (Å²) >= 11 is 2.08. The van der Waals surface area contributed by atoms with Crippen LogP contribution < -0.4 is 5.32 Å². The van der Waals surface area contributed by atoms with Gasteiger partial charge in [-0.05, 0) is 31.1 Å². The Morgan fingerprint density at radius 3 is 3.28 bits per heavy atom. The van der Waals surface area contributed by atoms with E-state index in [-0.39, 0.29) is 0 Å². The van der Waals surface area contributed by atoms with Crippen molar-refractivity contribution >= 4 is 23.2 Å². The molecule has 0 saturated heterocycles. The van der Waals surface area contributed by atoms with Crippen LogP contribution in [-0.2, 0) is 0 Å². The van der Waals surface area contributed by atoms with Crippen LogP contribution in [0.3, 0.4) is 0 Å². The number of nitrogens with one attached hydrogen (secondary N) is 1. The first-order valence-corrected chi connectivity index (χ1v) is 7.58. The number of rotatable bonds is 4. The number of fused-ring (bicyclic) bond motifs is 1. The Morgan fingerprint density at radius 2 is 2.39 bits per heavy atom. The number of aromatic nitrogens is 3. The molecule has 1 aliphatic rings. The van der Waals surface area contributed by atoms with E-state index in [0.29, 0.717) is 6.04 Å². The largest absolute Gasteiger partial charge is 0.367 e. The first-order chi connectivity index (χ1) is 8.85. The van der Waals surface area contributed by atoms with Crippen LogP contribution in [0.4, 0.5) is 5.82 Å². The summed E-state index contributed by atoms with van der Waals surface area (Å²) in [5.41, 5.74) is 0.900. The molecule has 1 fully saturated rings. The summed E-state index contributed by atoms with van der Waals surface area (Å²) in [6.45, 7) is 2.24. The van der Waals surface area contributed by atoms with E-state index in [4.69, 9.17) is 0 Å². The fraction of sp³-hybridized carbons (Fsp3) is 0.538. The summed E-state index contributed by atoms with van der Waals surface area (Å²) in [6.07, 6.45) is 7.56. The van der Waals surface area contributed by atoms with Crippen molar-refractivity contribution in [3.63, 3.8) is 0 Å². The lowest BCUT2D eigenvalue weighted by Crippen LogP contribution is -2.17. The molecule has 0 aliphatic heterocycles. The molecular formula is C13H18N4S. The molecule has 96 valence electrons. The number of hydrogen-bond donors (Lipinski definition) is 1. The maximum Gasteiger partial charge on any atom is 0.157 e. The predicted octanol–water partition coefficient (Wildman–Crippen LogP) is 2.82. The quantitative estimate of drug-likeness (QED) is 0.920. The molecule has 2 aromatic heterocycles. The van der Waals surface area contributed by atoms with E-state index >= 15 is 0 Å². The maximum absolute atomic E-state index is 4.55. The highest BCUT2D eigenvalue weighted by Gasteiger charge is 2.24. The van der Waals surface area contributed by atoms with Crippen molar-refractivity contribution in [3.8, 4) is 0 Å². The van der Waals surface area contributed by atoms with Crippen molar-refractivity contribution in [2.45, 2.75) is 37.5 Å². The van der Waals surface area contributed by atoms with Crippen molar-refractivity contribution in [1.82, 2.24) is 14.6 Å². The predicted molar refractivity (Wildman–Crippen MR) is 76.2 cm³/mol. The molecule has 4 nitrogen and oxygen atoms in total. The highest BCUT2D eigenvalue weighted by atomic mass is 32.2. The summed E-state index contributed by atoms with van der Waals surface area (Å²) < 4.78 is 1.79. The normalized spacial score (nSPS) is 23.6. The summed E-state index contributed by atoms with van der Waals surface area (Å²) in [7, 11) is 0. The lowest BCUT2D eigenvalue weighted by atomic mass is 10.2. The van der Waals surface area contributed by atoms with Gasteiger partial charge in [0.05, 0.1) is 6.20 Å². The Kier molecular flexibility index (Phi) is 3.41. The van der Waals surface area contributed by atoms with Crippen LogP contribution in [0.5, 0.6) is 0 Å². The first-order valence-electron chi connectivity index (χ1n) is 6.53. The molecule has 0 aromatic carbocycles. The third-order valence-electron chi connectivity index (χ3n) is 3.40. The van der Waals surface area contributed by atoms with Crippen molar-refractivity contribution in [2.24, 2.45) is 0 Å². The standard InChI is InChI=1S/C13H18N4S/c1-2-18-11-4-3-10(9-11)15-12-6-8-17-13(16-12)5-7-14-17/h5-8,10-11H,2-4,9H2,1H3,(H,15,16). The van der Waals surface area contributed by atoms with E-state index in [9.17, 15) is 0 Å². The van der Waals surface area contributed by atoms with Gasteiger partial charge in [-0.15, -0.1) is 0 Å². The topological polar surface area (TPSA) is 42.2 Å². The van der Waals surface area contributed by atoms with Gasteiger partial charge >= 0.3 is 0 Å². The monoisotopic (exact) mass is 262 g/mol. The number of thioether (sulfide) groups is 1. The average molecular weight is 262 g/mol. The van der Waals surface area contributed by atoms with Crippen molar-refractivity contribution < 1.29 is 0 Å².